The molecule has 0 amide bonds. The standard InChI is InChI=1S/C18H28O6/c1-12(19)15-11-16(20)14(13(15)9-10-17(21)22)7-5-3-4-6-8-18(23)24-2/h13-15H,3-11H2,1-2H3,(H,21,22)/t13-,14-,15+/m1/s1. The first kappa shape index (κ1) is 20.3. The van der Waals surface area contributed by atoms with Crippen LogP contribution < -0.4 is 0 Å². The number of ether oxygens (including phenoxy) is 1. The number of unbranched alkanes of at least 4 members (excludes halogenated alkanes) is 3. The third kappa shape index (κ3) is 6.42. The second-order valence-electron chi connectivity index (χ2n) is 6.62. The lowest BCUT2D eigenvalue weighted by atomic mass is 9.81. The van der Waals surface area contributed by atoms with E-state index >= 15 is 0 Å². The van der Waals surface area contributed by atoms with E-state index in [9.17, 15) is 19.2 Å². The number of carboxylic acid groups (broad SMARTS) is 1. The van der Waals surface area contributed by atoms with Crippen molar-refractivity contribution in [3.8, 4) is 0 Å². The summed E-state index contributed by atoms with van der Waals surface area (Å²) in [7, 11) is 1.37. The third-order valence-electron chi connectivity index (χ3n) is 4.96. The molecule has 1 rings (SSSR count). The molecule has 1 fully saturated rings. The van der Waals surface area contributed by atoms with Crippen LogP contribution in [0, 0.1) is 17.8 Å². The Morgan fingerprint density at radius 1 is 1.08 bits per heavy atom. The topological polar surface area (TPSA) is 97.7 Å². The van der Waals surface area contributed by atoms with Gasteiger partial charge < -0.3 is 9.84 Å². The molecular formula is C18H28O6. The number of Topliss-reactive ketones (excluding diaryl/α,β-unsaturated/α-hetero) is 2. The van der Waals surface area contributed by atoms with Gasteiger partial charge in [0, 0.05) is 31.1 Å². The van der Waals surface area contributed by atoms with E-state index in [2.05, 4.69) is 4.74 Å². The molecule has 3 atom stereocenters. The lowest BCUT2D eigenvalue weighted by molar-refractivity contribution is -0.141. The minimum absolute atomic E-state index is 0.00262. The first-order valence-corrected chi connectivity index (χ1v) is 8.68. The Kier molecular flexibility index (Phi) is 8.65. The van der Waals surface area contributed by atoms with E-state index < -0.39 is 5.97 Å². The highest BCUT2D eigenvalue weighted by Crippen LogP contribution is 2.40. The van der Waals surface area contributed by atoms with Crippen molar-refractivity contribution < 1.29 is 29.0 Å². The Morgan fingerprint density at radius 3 is 2.33 bits per heavy atom. The molecule has 6 nitrogen and oxygen atoms in total. The largest absolute Gasteiger partial charge is 0.481 e. The summed E-state index contributed by atoms with van der Waals surface area (Å²) in [5.41, 5.74) is 0. The predicted octanol–water partition coefficient (Wildman–Crippen LogP) is 2.78. The zero-order chi connectivity index (χ0) is 18.1. The second-order valence-corrected chi connectivity index (χ2v) is 6.62. The van der Waals surface area contributed by atoms with Crippen LogP contribution in [0.2, 0.25) is 0 Å². The van der Waals surface area contributed by atoms with Crippen LogP contribution in [0.3, 0.4) is 0 Å². The van der Waals surface area contributed by atoms with Crippen molar-refractivity contribution in [2.45, 2.75) is 64.7 Å². The lowest BCUT2D eigenvalue weighted by Crippen LogP contribution is -2.22. The maximum Gasteiger partial charge on any atom is 0.305 e. The van der Waals surface area contributed by atoms with Gasteiger partial charge in [0.25, 0.3) is 0 Å². The maximum atomic E-state index is 12.2. The Balaban J connectivity index is 2.44. The molecule has 0 heterocycles. The molecule has 1 aliphatic rings. The number of carbonyl (C=O) groups is 4. The minimum atomic E-state index is -0.891. The monoisotopic (exact) mass is 340 g/mol. The quantitative estimate of drug-likeness (QED) is 0.459. The number of esters is 1. The fourth-order valence-electron chi connectivity index (χ4n) is 3.64. The van der Waals surface area contributed by atoms with Gasteiger partial charge in [0.1, 0.15) is 11.6 Å². The molecule has 6 heteroatoms. The summed E-state index contributed by atoms with van der Waals surface area (Å²) in [6, 6.07) is 0. The van der Waals surface area contributed by atoms with Gasteiger partial charge in [0.05, 0.1) is 7.11 Å². The van der Waals surface area contributed by atoms with Gasteiger partial charge in [-0.3, -0.25) is 19.2 Å². The number of carboxylic acids is 1. The molecule has 0 aromatic carbocycles. The SMILES string of the molecule is COC(=O)CCCCCC[C@H]1C(=O)C[C@@H](C(C)=O)[C@@H]1CCC(=O)O. The Morgan fingerprint density at radius 2 is 1.75 bits per heavy atom. The highest BCUT2D eigenvalue weighted by molar-refractivity contribution is 5.92. The van der Waals surface area contributed by atoms with Crippen LogP contribution in [0.25, 0.3) is 0 Å². The van der Waals surface area contributed by atoms with E-state index in [4.69, 9.17) is 5.11 Å². The van der Waals surface area contributed by atoms with Crippen LogP contribution in [0.5, 0.6) is 0 Å². The number of aliphatic carboxylic acids is 1. The summed E-state index contributed by atoms with van der Waals surface area (Å²) in [6.45, 7) is 1.49. The number of ketones is 2. The summed E-state index contributed by atoms with van der Waals surface area (Å²) in [6.07, 6.45) is 5.18. The average molecular weight is 340 g/mol. The van der Waals surface area contributed by atoms with E-state index in [1.807, 2.05) is 0 Å². The highest BCUT2D eigenvalue weighted by atomic mass is 16.5. The van der Waals surface area contributed by atoms with E-state index in [1.165, 1.54) is 14.0 Å². The van der Waals surface area contributed by atoms with E-state index in [-0.39, 0.29) is 48.1 Å². The van der Waals surface area contributed by atoms with Crippen LogP contribution in [0.4, 0.5) is 0 Å². The molecular weight excluding hydrogens is 312 g/mol. The molecule has 0 saturated heterocycles. The predicted molar refractivity (Wildman–Crippen MR) is 87.4 cm³/mol. The van der Waals surface area contributed by atoms with Gasteiger partial charge in [0.2, 0.25) is 0 Å². The van der Waals surface area contributed by atoms with Gasteiger partial charge in [-0.05, 0) is 32.1 Å². The molecule has 0 aromatic heterocycles. The van der Waals surface area contributed by atoms with Crippen molar-refractivity contribution in [3.05, 3.63) is 0 Å². The summed E-state index contributed by atoms with van der Waals surface area (Å²) in [4.78, 5) is 45.8. The summed E-state index contributed by atoms with van der Waals surface area (Å²) >= 11 is 0. The molecule has 0 aliphatic heterocycles. The molecule has 0 bridgehead atoms. The van der Waals surface area contributed by atoms with Gasteiger partial charge in [-0.2, -0.15) is 0 Å². The molecule has 0 radical (unpaired) electrons. The molecule has 1 aliphatic carbocycles. The number of carbonyl (C=O) groups excluding carboxylic acids is 3. The minimum Gasteiger partial charge on any atom is -0.481 e. The van der Waals surface area contributed by atoms with Crippen molar-refractivity contribution in [2.24, 2.45) is 17.8 Å². The number of methoxy groups -OCH3 is 1. The van der Waals surface area contributed by atoms with Crippen LogP contribution >= 0.6 is 0 Å². The molecule has 0 unspecified atom stereocenters. The lowest BCUT2D eigenvalue weighted by Gasteiger charge is -2.21. The van der Waals surface area contributed by atoms with Crippen molar-refractivity contribution >= 4 is 23.5 Å². The van der Waals surface area contributed by atoms with Gasteiger partial charge in [-0.1, -0.05) is 19.3 Å². The average Bonchev–Trinajstić information content (AvgIpc) is 2.84. The molecule has 24 heavy (non-hydrogen) atoms. The third-order valence-corrected chi connectivity index (χ3v) is 4.96. The number of hydrogen-bond acceptors (Lipinski definition) is 5. The van der Waals surface area contributed by atoms with Crippen molar-refractivity contribution in [3.63, 3.8) is 0 Å². The summed E-state index contributed by atoms with van der Waals surface area (Å²) in [5.74, 6) is -1.67. The zero-order valence-corrected chi connectivity index (χ0v) is 14.6. The maximum absolute atomic E-state index is 12.2. The van der Waals surface area contributed by atoms with Crippen molar-refractivity contribution in [2.75, 3.05) is 7.11 Å². The van der Waals surface area contributed by atoms with Gasteiger partial charge in [-0.25, -0.2) is 0 Å². The van der Waals surface area contributed by atoms with Gasteiger partial charge >= 0.3 is 11.9 Å². The van der Waals surface area contributed by atoms with Gasteiger partial charge in [-0.15, -0.1) is 0 Å². The van der Waals surface area contributed by atoms with Crippen LogP contribution in [0.15, 0.2) is 0 Å². The summed E-state index contributed by atoms with van der Waals surface area (Å²) < 4.78 is 4.58. The fraction of sp³-hybridized carbons (Fsp3) is 0.778. The first-order valence-electron chi connectivity index (χ1n) is 8.68. The molecule has 1 N–H and O–H groups in total. The molecule has 1 saturated carbocycles. The Labute approximate surface area is 142 Å². The number of rotatable bonds is 11. The summed E-state index contributed by atoms with van der Waals surface area (Å²) in [5, 5.41) is 8.88. The number of hydrogen-bond donors (Lipinski definition) is 1. The normalized spacial score (nSPS) is 23.2. The molecule has 0 aromatic rings. The van der Waals surface area contributed by atoms with Crippen LogP contribution in [-0.4, -0.2) is 35.7 Å². The van der Waals surface area contributed by atoms with Crippen molar-refractivity contribution in [1.29, 1.82) is 0 Å². The fourth-order valence-corrected chi connectivity index (χ4v) is 3.64. The van der Waals surface area contributed by atoms with Gasteiger partial charge in [0.15, 0.2) is 0 Å². The Hall–Kier alpha value is -1.72. The van der Waals surface area contributed by atoms with E-state index in [0.29, 0.717) is 19.3 Å². The van der Waals surface area contributed by atoms with Crippen LogP contribution in [-0.2, 0) is 23.9 Å². The van der Waals surface area contributed by atoms with E-state index in [1.54, 1.807) is 0 Å². The second kappa shape index (κ2) is 10.2. The van der Waals surface area contributed by atoms with Crippen LogP contribution in [0.1, 0.15) is 64.7 Å². The zero-order valence-electron chi connectivity index (χ0n) is 14.6. The van der Waals surface area contributed by atoms with E-state index in [0.717, 1.165) is 25.7 Å². The molecule has 0 spiro atoms. The smallest absolute Gasteiger partial charge is 0.305 e. The van der Waals surface area contributed by atoms with Crippen molar-refractivity contribution in [1.82, 2.24) is 0 Å². The Bertz CT molecular complexity index is 470. The highest BCUT2D eigenvalue weighted by Gasteiger charge is 2.43. The molecule has 136 valence electrons. The first-order chi connectivity index (χ1) is 11.4.